The summed E-state index contributed by atoms with van der Waals surface area (Å²) in [6, 6.07) is 3.68. The van der Waals surface area contributed by atoms with E-state index in [2.05, 4.69) is 0 Å². The maximum atomic E-state index is 11.9. The highest BCUT2D eigenvalue weighted by Crippen LogP contribution is 2.33. The number of carbonyl (C=O) groups is 1. The van der Waals surface area contributed by atoms with Gasteiger partial charge in [0.2, 0.25) is 0 Å². The number of hydrogen-bond donors (Lipinski definition) is 1. The summed E-state index contributed by atoms with van der Waals surface area (Å²) in [6.45, 7) is 4.07. The van der Waals surface area contributed by atoms with Crippen molar-refractivity contribution in [1.82, 2.24) is 0 Å². The monoisotopic (exact) mass is 253 g/mol. The van der Waals surface area contributed by atoms with Gasteiger partial charge in [0, 0.05) is 23.4 Å². The van der Waals surface area contributed by atoms with Gasteiger partial charge in [0.05, 0.1) is 12.1 Å². The quantitative estimate of drug-likeness (QED) is 0.898. The Labute approximate surface area is 106 Å². The zero-order valence-electron chi connectivity index (χ0n) is 10.0. The highest BCUT2D eigenvalue weighted by atomic mass is 35.5. The molecule has 0 atom stereocenters. The van der Waals surface area contributed by atoms with Gasteiger partial charge in [0.1, 0.15) is 5.75 Å². The molecule has 17 heavy (non-hydrogen) atoms. The Kier molecular flexibility index (Phi) is 3.15. The van der Waals surface area contributed by atoms with Crippen LogP contribution in [0, 0.1) is 0 Å². The van der Waals surface area contributed by atoms with Crippen LogP contribution in [0.3, 0.4) is 0 Å². The summed E-state index contributed by atoms with van der Waals surface area (Å²) in [5.41, 5.74) is 6.88. The third-order valence-electron chi connectivity index (χ3n) is 2.90. The van der Waals surface area contributed by atoms with Gasteiger partial charge in [-0.2, -0.15) is 0 Å². The van der Waals surface area contributed by atoms with Crippen molar-refractivity contribution in [3.05, 3.63) is 28.3 Å². The zero-order chi connectivity index (χ0) is 12.6. The van der Waals surface area contributed by atoms with E-state index in [-0.39, 0.29) is 12.2 Å². The zero-order valence-corrected chi connectivity index (χ0v) is 10.8. The lowest BCUT2D eigenvalue weighted by Gasteiger charge is -2.17. The summed E-state index contributed by atoms with van der Waals surface area (Å²) >= 11 is 6.03. The first kappa shape index (κ1) is 12.4. The number of nitrogens with two attached hydrogens (primary N) is 1. The number of carbonyl (C=O) groups excluding carboxylic acids is 1. The first-order valence-corrected chi connectivity index (χ1v) is 6.02. The first-order valence-electron chi connectivity index (χ1n) is 5.64. The highest BCUT2D eigenvalue weighted by Gasteiger charge is 2.25. The van der Waals surface area contributed by atoms with Crippen LogP contribution in [0.1, 0.15) is 25.0 Å². The van der Waals surface area contributed by atoms with Gasteiger partial charge >= 0.3 is 0 Å². The van der Waals surface area contributed by atoms with Crippen LogP contribution in [0.5, 0.6) is 5.75 Å². The van der Waals surface area contributed by atoms with Crippen molar-refractivity contribution in [2.75, 3.05) is 6.61 Å². The van der Waals surface area contributed by atoms with Crippen LogP contribution in [0.15, 0.2) is 12.1 Å². The molecule has 4 heteroatoms. The lowest BCUT2D eigenvalue weighted by atomic mass is 9.93. The number of benzene rings is 1. The Morgan fingerprint density at radius 1 is 1.53 bits per heavy atom. The lowest BCUT2D eigenvalue weighted by molar-refractivity contribution is -0.122. The number of ether oxygens (including phenoxy) is 1. The van der Waals surface area contributed by atoms with Crippen LogP contribution in [0.4, 0.5) is 0 Å². The minimum Gasteiger partial charge on any atom is -0.493 e. The van der Waals surface area contributed by atoms with Gasteiger partial charge in [-0.25, -0.2) is 0 Å². The van der Waals surface area contributed by atoms with Gasteiger partial charge < -0.3 is 10.5 Å². The maximum absolute atomic E-state index is 11.9. The van der Waals surface area contributed by atoms with Crippen molar-refractivity contribution >= 4 is 17.4 Å². The smallest absolute Gasteiger partial charge is 0.156 e. The molecule has 0 saturated carbocycles. The Morgan fingerprint density at radius 2 is 2.24 bits per heavy atom. The molecule has 2 rings (SSSR count). The van der Waals surface area contributed by atoms with Crippen LogP contribution in [0.2, 0.25) is 5.02 Å². The van der Waals surface area contributed by atoms with Crippen molar-refractivity contribution in [2.24, 2.45) is 5.73 Å². The molecule has 0 bridgehead atoms. The summed E-state index contributed by atoms with van der Waals surface area (Å²) in [5, 5.41) is 0.645. The summed E-state index contributed by atoms with van der Waals surface area (Å²) in [6.07, 6.45) is 1.12. The van der Waals surface area contributed by atoms with Crippen LogP contribution in [-0.4, -0.2) is 17.9 Å². The fourth-order valence-corrected chi connectivity index (χ4v) is 2.14. The molecular weight excluding hydrogens is 238 g/mol. The Bertz CT molecular complexity index is 463. The first-order chi connectivity index (χ1) is 7.88. The standard InChI is InChI=1S/C13H16ClNO2/c1-13(2,15)11(16)7-9-6-10(14)5-8-3-4-17-12(8)9/h5-6H,3-4,7,15H2,1-2H3. The molecule has 1 aromatic carbocycles. The van der Waals surface area contributed by atoms with Crippen molar-refractivity contribution in [1.29, 1.82) is 0 Å². The maximum Gasteiger partial charge on any atom is 0.156 e. The van der Waals surface area contributed by atoms with Gasteiger partial charge in [-0.15, -0.1) is 0 Å². The summed E-state index contributed by atoms with van der Waals surface area (Å²) in [5.74, 6) is 0.796. The van der Waals surface area contributed by atoms with E-state index in [9.17, 15) is 4.79 Å². The molecule has 0 unspecified atom stereocenters. The SMILES string of the molecule is CC(C)(N)C(=O)Cc1cc(Cl)cc2c1OCC2. The number of ketones is 1. The van der Waals surface area contributed by atoms with E-state index in [1.807, 2.05) is 6.07 Å². The summed E-state index contributed by atoms with van der Waals surface area (Å²) in [7, 11) is 0. The largest absolute Gasteiger partial charge is 0.493 e. The third kappa shape index (κ3) is 2.61. The van der Waals surface area contributed by atoms with Crippen molar-refractivity contribution in [2.45, 2.75) is 32.2 Å². The van der Waals surface area contributed by atoms with Crippen molar-refractivity contribution < 1.29 is 9.53 Å². The van der Waals surface area contributed by atoms with Gasteiger partial charge in [0.15, 0.2) is 5.78 Å². The topological polar surface area (TPSA) is 52.3 Å². The Balaban J connectivity index is 2.31. The molecule has 0 fully saturated rings. The average molecular weight is 254 g/mol. The number of fused-ring (bicyclic) bond motifs is 1. The Morgan fingerprint density at radius 3 is 2.88 bits per heavy atom. The highest BCUT2D eigenvalue weighted by molar-refractivity contribution is 6.30. The van der Waals surface area contributed by atoms with Gasteiger partial charge in [-0.1, -0.05) is 11.6 Å². The minimum atomic E-state index is -0.826. The molecule has 1 heterocycles. The summed E-state index contributed by atoms with van der Waals surface area (Å²) < 4.78 is 5.55. The van der Waals surface area contributed by atoms with E-state index in [4.69, 9.17) is 22.1 Å². The van der Waals surface area contributed by atoms with Crippen LogP contribution >= 0.6 is 11.6 Å². The van der Waals surface area contributed by atoms with Crippen molar-refractivity contribution in [3.8, 4) is 5.75 Å². The molecule has 0 aromatic heterocycles. The molecule has 1 aliphatic heterocycles. The van der Waals surface area contributed by atoms with Gasteiger partial charge in [-0.3, -0.25) is 4.79 Å². The molecule has 0 saturated heterocycles. The van der Waals surface area contributed by atoms with E-state index in [0.29, 0.717) is 11.6 Å². The molecule has 0 amide bonds. The number of Topliss-reactive ketones (excluding diaryl/α,β-unsaturated/α-hetero) is 1. The van der Waals surface area contributed by atoms with E-state index < -0.39 is 5.54 Å². The second-order valence-electron chi connectivity index (χ2n) is 4.97. The predicted molar refractivity (Wildman–Crippen MR) is 67.6 cm³/mol. The lowest BCUT2D eigenvalue weighted by Crippen LogP contribution is -2.42. The molecule has 0 aliphatic carbocycles. The Hall–Kier alpha value is -1.06. The summed E-state index contributed by atoms with van der Waals surface area (Å²) in [4.78, 5) is 11.9. The number of halogens is 1. The van der Waals surface area contributed by atoms with Gasteiger partial charge in [-0.05, 0) is 31.5 Å². The predicted octanol–water partition coefficient (Wildman–Crippen LogP) is 2.12. The van der Waals surface area contributed by atoms with E-state index in [1.54, 1.807) is 19.9 Å². The molecule has 0 radical (unpaired) electrons. The minimum absolute atomic E-state index is 0.0162. The molecule has 1 aromatic rings. The molecule has 0 spiro atoms. The molecule has 92 valence electrons. The fraction of sp³-hybridized carbons (Fsp3) is 0.462. The van der Waals surface area contributed by atoms with Crippen molar-refractivity contribution in [3.63, 3.8) is 0 Å². The molecular formula is C13H16ClNO2. The molecule has 2 N–H and O–H groups in total. The second kappa shape index (κ2) is 4.31. The second-order valence-corrected chi connectivity index (χ2v) is 5.41. The number of hydrogen-bond acceptors (Lipinski definition) is 3. The number of rotatable bonds is 3. The fourth-order valence-electron chi connectivity index (χ4n) is 1.88. The van der Waals surface area contributed by atoms with E-state index >= 15 is 0 Å². The van der Waals surface area contributed by atoms with E-state index in [0.717, 1.165) is 23.3 Å². The third-order valence-corrected chi connectivity index (χ3v) is 3.11. The average Bonchev–Trinajstić information content (AvgIpc) is 2.63. The van der Waals surface area contributed by atoms with Crippen LogP contribution in [-0.2, 0) is 17.6 Å². The van der Waals surface area contributed by atoms with Gasteiger partial charge in [0.25, 0.3) is 0 Å². The van der Waals surface area contributed by atoms with E-state index in [1.165, 1.54) is 0 Å². The molecule has 1 aliphatic rings. The molecule has 3 nitrogen and oxygen atoms in total. The van der Waals surface area contributed by atoms with Crippen LogP contribution in [0.25, 0.3) is 0 Å². The normalized spacial score (nSPS) is 14.4. The van der Waals surface area contributed by atoms with Crippen LogP contribution < -0.4 is 10.5 Å².